The number of furan rings is 1. The summed E-state index contributed by atoms with van der Waals surface area (Å²) in [5.74, 6) is -0.512. The van der Waals surface area contributed by atoms with E-state index in [0.29, 0.717) is 23.3 Å². The standard InChI is InChI=1S/C14H18BrNO4/c1-9(7-12(17)18)10-3-2-5-16(8-10)14(19)11-4-6-20-13(11)15/h4,6,9-10H,2-3,5,7-8H2,1H3,(H,17,18). The molecule has 1 aliphatic heterocycles. The number of halogens is 1. The molecule has 1 aromatic heterocycles. The quantitative estimate of drug-likeness (QED) is 0.912. The van der Waals surface area contributed by atoms with Crippen LogP contribution in [0.5, 0.6) is 0 Å². The number of carbonyl (C=O) groups excluding carboxylic acids is 1. The number of aliphatic carboxylic acids is 1. The molecular weight excluding hydrogens is 326 g/mol. The maximum absolute atomic E-state index is 12.4. The van der Waals surface area contributed by atoms with Gasteiger partial charge >= 0.3 is 5.97 Å². The average molecular weight is 344 g/mol. The average Bonchev–Trinajstić information content (AvgIpc) is 2.83. The molecule has 2 unspecified atom stereocenters. The molecule has 6 heteroatoms. The monoisotopic (exact) mass is 343 g/mol. The van der Waals surface area contributed by atoms with Crippen molar-refractivity contribution in [3.63, 3.8) is 0 Å². The molecule has 0 radical (unpaired) electrons. The number of carboxylic acid groups (broad SMARTS) is 1. The van der Waals surface area contributed by atoms with E-state index >= 15 is 0 Å². The number of rotatable bonds is 4. The molecule has 5 nitrogen and oxygen atoms in total. The van der Waals surface area contributed by atoms with Crippen molar-refractivity contribution in [3.05, 3.63) is 22.6 Å². The van der Waals surface area contributed by atoms with E-state index < -0.39 is 5.97 Å². The summed E-state index contributed by atoms with van der Waals surface area (Å²) in [5, 5.41) is 8.88. The molecule has 0 aromatic carbocycles. The van der Waals surface area contributed by atoms with E-state index in [2.05, 4.69) is 15.9 Å². The number of piperidine rings is 1. The van der Waals surface area contributed by atoms with Crippen LogP contribution in [-0.4, -0.2) is 35.0 Å². The predicted molar refractivity (Wildman–Crippen MR) is 76.5 cm³/mol. The van der Waals surface area contributed by atoms with Crippen molar-refractivity contribution in [2.75, 3.05) is 13.1 Å². The highest BCUT2D eigenvalue weighted by molar-refractivity contribution is 9.10. The van der Waals surface area contributed by atoms with Crippen molar-refractivity contribution in [2.45, 2.75) is 26.2 Å². The van der Waals surface area contributed by atoms with Crippen molar-refractivity contribution in [1.82, 2.24) is 4.90 Å². The van der Waals surface area contributed by atoms with E-state index in [9.17, 15) is 9.59 Å². The van der Waals surface area contributed by atoms with Gasteiger partial charge in [-0.25, -0.2) is 0 Å². The van der Waals surface area contributed by atoms with Crippen molar-refractivity contribution in [3.8, 4) is 0 Å². The van der Waals surface area contributed by atoms with Crippen LogP contribution in [0.15, 0.2) is 21.4 Å². The molecule has 1 saturated heterocycles. The van der Waals surface area contributed by atoms with E-state index in [4.69, 9.17) is 9.52 Å². The summed E-state index contributed by atoms with van der Waals surface area (Å²) in [6.45, 7) is 3.28. The van der Waals surface area contributed by atoms with Gasteiger partial charge in [-0.05, 0) is 46.7 Å². The summed E-state index contributed by atoms with van der Waals surface area (Å²) in [6, 6.07) is 1.65. The van der Waals surface area contributed by atoms with Crippen molar-refractivity contribution in [2.24, 2.45) is 11.8 Å². The highest BCUT2D eigenvalue weighted by Crippen LogP contribution is 2.28. The van der Waals surface area contributed by atoms with Gasteiger partial charge in [-0.3, -0.25) is 9.59 Å². The zero-order valence-corrected chi connectivity index (χ0v) is 12.9. The Hall–Kier alpha value is -1.30. The van der Waals surface area contributed by atoms with Crippen LogP contribution < -0.4 is 0 Å². The lowest BCUT2D eigenvalue weighted by Gasteiger charge is -2.35. The van der Waals surface area contributed by atoms with Gasteiger partial charge in [0.25, 0.3) is 5.91 Å². The molecule has 110 valence electrons. The van der Waals surface area contributed by atoms with Crippen LogP contribution in [0.1, 0.15) is 36.5 Å². The smallest absolute Gasteiger partial charge is 0.303 e. The molecule has 0 bridgehead atoms. The lowest BCUT2D eigenvalue weighted by molar-refractivity contribution is -0.138. The second-order valence-corrected chi connectivity index (χ2v) is 6.06. The number of carbonyl (C=O) groups is 2. The van der Waals surface area contributed by atoms with Gasteiger partial charge in [0.15, 0.2) is 4.67 Å². The van der Waals surface area contributed by atoms with E-state index in [-0.39, 0.29) is 24.2 Å². The van der Waals surface area contributed by atoms with Gasteiger partial charge in [0, 0.05) is 19.5 Å². The molecule has 1 aliphatic rings. The fourth-order valence-electron chi connectivity index (χ4n) is 2.72. The molecule has 1 N–H and O–H groups in total. The van der Waals surface area contributed by atoms with Crippen LogP contribution in [0.25, 0.3) is 0 Å². The Morgan fingerprint density at radius 1 is 1.60 bits per heavy atom. The summed E-state index contributed by atoms with van der Waals surface area (Å²) < 4.78 is 5.54. The van der Waals surface area contributed by atoms with Crippen LogP contribution in [0.3, 0.4) is 0 Å². The Morgan fingerprint density at radius 3 is 2.95 bits per heavy atom. The lowest BCUT2D eigenvalue weighted by atomic mass is 9.84. The Labute approximate surface area is 126 Å². The minimum absolute atomic E-state index is 0.0575. The highest BCUT2D eigenvalue weighted by atomic mass is 79.9. The first-order chi connectivity index (χ1) is 9.49. The fraction of sp³-hybridized carbons (Fsp3) is 0.571. The number of amides is 1. The highest BCUT2D eigenvalue weighted by Gasteiger charge is 2.29. The van der Waals surface area contributed by atoms with Crippen molar-refractivity contribution >= 4 is 27.8 Å². The molecule has 1 fully saturated rings. The Kier molecular flexibility index (Phi) is 4.86. The second kappa shape index (κ2) is 6.43. The maximum Gasteiger partial charge on any atom is 0.303 e. The topological polar surface area (TPSA) is 70.8 Å². The van der Waals surface area contributed by atoms with Crippen LogP contribution >= 0.6 is 15.9 Å². The van der Waals surface area contributed by atoms with Gasteiger partial charge in [-0.1, -0.05) is 6.92 Å². The summed E-state index contributed by atoms with van der Waals surface area (Å²) in [7, 11) is 0. The molecular formula is C14H18BrNO4. The zero-order valence-electron chi connectivity index (χ0n) is 11.3. The van der Waals surface area contributed by atoms with Crippen molar-refractivity contribution < 1.29 is 19.1 Å². The molecule has 2 atom stereocenters. The van der Waals surface area contributed by atoms with Crippen LogP contribution in [-0.2, 0) is 4.79 Å². The minimum atomic E-state index is -0.779. The van der Waals surface area contributed by atoms with Gasteiger partial charge < -0.3 is 14.4 Å². The third-order valence-corrected chi connectivity index (χ3v) is 4.51. The summed E-state index contributed by atoms with van der Waals surface area (Å²) in [4.78, 5) is 25.0. The molecule has 2 rings (SSSR count). The first kappa shape index (κ1) is 15.1. The van der Waals surface area contributed by atoms with Gasteiger partial charge in [-0.2, -0.15) is 0 Å². The van der Waals surface area contributed by atoms with E-state index in [1.54, 1.807) is 11.0 Å². The van der Waals surface area contributed by atoms with Gasteiger partial charge in [-0.15, -0.1) is 0 Å². The maximum atomic E-state index is 12.4. The van der Waals surface area contributed by atoms with Crippen LogP contribution in [0, 0.1) is 11.8 Å². The second-order valence-electron chi connectivity index (χ2n) is 5.34. The normalized spacial score (nSPS) is 20.7. The van der Waals surface area contributed by atoms with E-state index in [1.165, 1.54) is 6.26 Å². The molecule has 0 saturated carbocycles. The molecule has 20 heavy (non-hydrogen) atoms. The molecule has 1 aromatic rings. The molecule has 0 aliphatic carbocycles. The van der Waals surface area contributed by atoms with Gasteiger partial charge in [0.2, 0.25) is 0 Å². The Bertz CT molecular complexity index is 499. The third kappa shape index (κ3) is 3.42. The Morgan fingerprint density at radius 2 is 2.35 bits per heavy atom. The number of likely N-dealkylation sites (tertiary alicyclic amines) is 1. The first-order valence-electron chi connectivity index (χ1n) is 6.73. The van der Waals surface area contributed by atoms with Crippen molar-refractivity contribution in [1.29, 1.82) is 0 Å². The molecule has 1 amide bonds. The van der Waals surface area contributed by atoms with E-state index in [0.717, 1.165) is 12.8 Å². The number of hydrogen-bond donors (Lipinski definition) is 1. The Balaban J connectivity index is 2.02. The van der Waals surface area contributed by atoms with Gasteiger partial charge in [0.1, 0.15) is 0 Å². The third-order valence-electron chi connectivity index (χ3n) is 3.89. The minimum Gasteiger partial charge on any atom is -0.481 e. The summed E-state index contributed by atoms with van der Waals surface area (Å²) in [6.07, 6.45) is 3.52. The first-order valence-corrected chi connectivity index (χ1v) is 7.52. The fourth-order valence-corrected chi connectivity index (χ4v) is 3.13. The predicted octanol–water partition coefficient (Wildman–Crippen LogP) is 3.01. The molecule has 0 spiro atoms. The van der Waals surface area contributed by atoms with E-state index in [1.807, 2.05) is 6.92 Å². The number of carboxylic acids is 1. The van der Waals surface area contributed by atoms with Crippen LogP contribution in [0.2, 0.25) is 0 Å². The largest absolute Gasteiger partial charge is 0.481 e. The zero-order chi connectivity index (χ0) is 14.7. The van der Waals surface area contributed by atoms with Crippen LogP contribution in [0.4, 0.5) is 0 Å². The summed E-state index contributed by atoms with van der Waals surface area (Å²) in [5.41, 5.74) is 0.525. The summed E-state index contributed by atoms with van der Waals surface area (Å²) >= 11 is 3.22. The lowest BCUT2D eigenvalue weighted by Crippen LogP contribution is -2.42. The SMILES string of the molecule is CC(CC(=O)O)C1CCCN(C(=O)c2ccoc2Br)C1. The number of hydrogen-bond acceptors (Lipinski definition) is 3. The molecule has 2 heterocycles. The number of nitrogens with zero attached hydrogens (tertiary/aromatic N) is 1. The van der Waals surface area contributed by atoms with Gasteiger partial charge in [0.05, 0.1) is 11.8 Å².